The second-order valence-electron chi connectivity index (χ2n) is 4.33. The van der Waals surface area contributed by atoms with Gasteiger partial charge in [0.05, 0.1) is 6.61 Å². The highest BCUT2D eigenvalue weighted by Crippen LogP contribution is 2.18. The van der Waals surface area contributed by atoms with Crippen molar-refractivity contribution in [3.63, 3.8) is 0 Å². The smallest absolute Gasteiger partial charge is 0.119 e. The molecule has 0 saturated carbocycles. The Balaban J connectivity index is 2.69. The third kappa shape index (κ3) is 4.31. The Labute approximate surface area is 111 Å². The zero-order valence-corrected chi connectivity index (χ0v) is 12.1. The van der Waals surface area contributed by atoms with Gasteiger partial charge in [-0.2, -0.15) is 0 Å². The van der Waals surface area contributed by atoms with E-state index in [-0.39, 0.29) is 0 Å². The van der Waals surface area contributed by atoms with Gasteiger partial charge in [0.1, 0.15) is 5.75 Å². The van der Waals surface area contributed by atoms with Gasteiger partial charge in [0.2, 0.25) is 0 Å². The lowest BCUT2D eigenvalue weighted by Crippen LogP contribution is -2.33. The summed E-state index contributed by atoms with van der Waals surface area (Å²) in [5.74, 6) is 0.943. The van der Waals surface area contributed by atoms with Gasteiger partial charge in [0.15, 0.2) is 0 Å². The van der Waals surface area contributed by atoms with E-state index in [1.54, 1.807) is 0 Å². The fraction of sp³-hybridized carbons (Fsp3) is 0.600. The van der Waals surface area contributed by atoms with E-state index in [1.807, 2.05) is 26.1 Å². The molecule has 3 heteroatoms. The number of benzene rings is 1. The summed E-state index contributed by atoms with van der Waals surface area (Å²) in [6, 6.07) is 8.77. The average Bonchev–Trinajstić information content (AvgIpc) is 2.42. The molecule has 1 rings (SSSR count). The number of rotatable bonds is 8. The van der Waals surface area contributed by atoms with Crippen LogP contribution in [0.5, 0.6) is 5.75 Å². The number of nitrogens with one attached hydrogen (secondary N) is 1. The van der Waals surface area contributed by atoms with Crippen molar-refractivity contribution in [3.05, 3.63) is 29.8 Å². The van der Waals surface area contributed by atoms with Crippen molar-refractivity contribution >= 4 is 0 Å². The molecule has 0 amide bonds. The van der Waals surface area contributed by atoms with Gasteiger partial charge < -0.3 is 15.0 Å². The van der Waals surface area contributed by atoms with Crippen molar-refractivity contribution < 1.29 is 4.74 Å². The molecule has 3 nitrogen and oxygen atoms in total. The molecular weight excluding hydrogens is 224 g/mol. The lowest BCUT2D eigenvalue weighted by Gasteiger charge is -2.25. The van der Waals surface area contributed by atoms with Crippen LogP contribution in [0.2, 0.25) is 0 Å². The fourth-order valence-corrected chi connectivity index (χ4v) is 2.07. The molecule has 102 valence electrons. The topological polar surface area (TPSA) is 24.5 Å². The van der Waals surface area contributed by atoms with Gasteiger partial charge in [-0.1, -0.05) is 26.0 Å². The Hall–Kier alpha value is -1.06. The summed E-state index contributed by atoms with van der Waals surface area (Å²) in [5.41, 5.74) is 1.31. The Morgan fingerprint density at radius 2 is 1.72 bits per heavy atom. The zero-order valence-electron chi connectivity index (χ0n) is 12.1. The minimum Gasteiger partial charge on any atom is -0.494 e. The van der Waals surface area contributed by atoms with Crippen LogP contribution in [0.1, 0.15) is 32.4 Å². The molecule has 1 aromatic rings. The average molecular weight is 250 g/mol. The Kier molecular flexibility index (Phi) is 6.76. The second-order valence-corrected chi connectivity index (χ2v) is 4.33. The third-order valence-corrected chi connectivity index (χ3v) is 3.28. The fourth-order valence-electron chi connectivity index (χ4n) is 2.07. The number of likely N-dealkylation sites (N-methyl/N-ethyl adjacent to an activating group) is 2. The Bertz CT molecular complexity index is 320. The van der Waals surface area contributed by atoms with Gasteiger partial charge in [-0.15, -0.1) is 0 Å². The van der Waals surface area contributed by atoms with Crippen LogP contribution >= 0.6 is 0 Å². The molecular formula is C15H26N2O. The zero-order chi connectivity index (χ0) is 13.4. The van der Waals surface area contributed by atoms with Gasteiger partial charge in [-0.25, -0.2) is 0 Å². The van der Waals surface area contributed by atoms with E-state index in [2.05, 4.69) is 36.2 Å². The summed E-state index contributed by atoms with van der Waals surface area (Å²) in [5, 5.41) is 3.39. The first-order valence-electron chi connectivity index (χ1n) is 6.87. The molecule has 1 N–H and O–H groups in total. The Morgan fingerprint density at radius 3 is 2.17 bits per heavy atom. The van der Waals surface area contributed by atoms with Gasteiger partial charge in [0.25, 0.3) is 0 Å². The van der Waals surface area contributed by atoms with E-state index in [0.717, 1.165) is 25.4 Å². The van der Waals surface area contributed by atoms with Gasteiger partial charge in [-0.3, -0.25) is 0 Å². The van der Waals surface area contributed by atoms with Crippen molar-refractivity contribution in [2.45, 2.75) is 26.8 Å². The van der Waals surface area contributed by atoms with E-state index in [1.165, 1.54) is 5.56 Å². The predicted molar refractivity (Wildman–Crippen MR) is 77.2 cm³/mol. The van der Waals surface area contributed by atoms with Crippen molar-refractivity contribution in [2.24, 2.45) is 0 Å². The maximum absolute atomic E-state index is 5.47. The SMILES string of the molecule is CCOc1ccc(C(CN(CC)CC)NC)cc1. The highest BCUT2D eigenvalue weighted by atomic mass is 16.5. The molecule has 0 aliphatic rings. The van der Waals surface area contributed by atoms with E-state index in [9.17, 15) is 0 Å². The molecule has 0 heterocycles. The molecule has 0 aliphatic carbocycles. The van der Waals surface area contributed by atoms with Crippen LogP contribution in [0.15, 0.2) is 24.3 Å². The normalized spacial score (nSPS) is 12.7. The molecule has 0 saturated heterocycles. The summed E-state index contributed by atoms with van der Waals surface area (Å²) in [6.07, 6.45) is 0. The second kappa shape index (κ2) is 8.11. The monoisotopic (exact) mass is 250 g/mol. The van der Waals surface area contributed by atoms with Crippen LogP contribution in [-0.2, 0) is 0 Å². The minimum atomic E-state index is 0.376. The predicted octanol–water partition coefficient (Wildman–Crippen LogP) is 2.69. The largest absolute Gasteiger partial charge is 0.494 e. The molecule has 0 bridgehead atoms. The summed E-state index contributed by atoms with van der Waals surface area (Å²) in [4.78, 5) is 2.43. The van der Waals surface area contributed by atoms with Gasteiger partial charge in [0, 0.05) is 12.6 Å². The molecule has 0 spiro atoms. The quantitative estimate of drug-likeness (QED) is 0.767. The first-order valence-corrected chi connectivity index (χ1v) is 6.87. The lowest BCUT2D eigenvalue weighted by molar-refractivity contribution is 0.271. The highest BCUT2D eigenvalue weighted by Gasteiger charge is 2.12. The first-order chi connectivity index (χ1) is 8.74. The molecule has 0 fully saturated rings. The van der Waals surface area contributed by atoms with E-state index < -0.39 is 0 Å². The maximum atomic E-state index is 5.47. The summed E-state index contributed by atoms with van der Waals surface area (Å²) in [6.45, 7) is 10.3. The Morgan fingerprint density at radius 1 is 1.11 bits per heavy atom. The summed E-state index contributed by atoms with van der Waals surface area (Å²) >= 11 is 0. The molecule has 0 radical (unpaired) electrons. The van der Waals surface area contributed by atoms with Crippen molar-refractivity contribution in [2.75, 3.05) is 33.3 Å². The van der Waals surface area contributed by atoms with Crippen LogP contribution in [0.4, 0.5) is 0 Å². The van der Waals surface area contributed by atoms with Crippen LogP contribution in [-0.4, -0.2) is 38.2 Å². The molecule has 1 unspecified atom stereocenters. The number of ether oxygens (including phenoxy) is 1. The van der Waals surface area contributed by atoms with Crippen molar-refractivity contribution in [1.82, 2.24) is 10.2 Å². The maximum Gasteiger partial charge on any atom is 0.119 e. The molecule has 0 aliphatic heterocycles. The van der Waals surface area contributed by atoms with Crippen LogP contribution in [0.3, 0.4) is 0 Å². The number of hydrogen-bond acceptors (Lipinski definition) is 3. The van der Waals surface area contributed by atoms with E-state index >= 15 is 0 Å². The van der Waals surface area contributed by atoms with Crippen molar-refractivity contribution in [3.8, 4) is 5.75 Å². The van der Waals surface area contributed by atoms with Gasteiger partial charge >= 0.3 is 0 Å². The van der Waals surface area contributed by atoms with Crippen LogP contribution in [0.25, 0.3) is 0 Å². The minimum absolute atomic E-state index is 0.376. The highest BCUT2D eigenvalue weighted by molar-refractivity contribution is 5.29. The number of hydrogen-bond donors (Lipinski definition) is 1. The molecule has 1 aromatic carbocycles. The van der Waals surface area contributed by atoms with E-state index in [0.29, 0.717) is 12.6 Å². The van der Waals surface area contributed by atoms with Gasteiger partial charge in [-0.05, 0) is 44.8 Å². The first kappa shape index (κ1) is 15.0. The van der Waals surface area contributed by atoms with E-state index in [4.69, 9.17) is 4.74 Å². The molecule has 18 heavy (non-hydrogen) atoms. The standard InChI is InChI=1S/C15H26N2O/c1-5-17(6-2)12-15(16-4)13-8-10-14(11-9-13)18-7-3/h8-11,15-16H,5-7,12H2,1-4H3. The molecule has 1 atom stereocenters. The summed E-state index contributed by atoms with van der Waals surface area (Å²) in [7, 11) is 2.02. The van der Waals surface area contributed by atoms with Crippen LogP contribution in [0, 0.1) is 0 Å². The molecule has 0 aromatic heterocycles. The number of nitrogens with zero attached hydrogens (tertiary/aromatic N) is 1. The summed E-state index contributed by atoms with van der Waals surface area (Å²) < 4.78 is 5.47. The van der Waals surface area contributed by atoms with Crippen molar-refractivity contribution in [1.29, 1.82) is 0 Å². The van der Waals surface area contributed by atoms with Crippen LogP contribution < -0.4 is 10.1 Å². The third-order valence-electron chi connectivity index (χ3n) is 3.28. The lowest BCUT2D eigenvalue weighted by atomic mass is 10.1.